The quantitative estimate of drug-likeness (QED) is 0.895. The Morgan fingerprint density at radius 3 is 2.63 bits per heavy atom. The normalized spacial score (nSPS) is 16.3. The molecule has 1 aromatic carbocycles. The number of benzene rings is 1. The van der Waals surface area contributed by atoms with Crippen molar-refractivity contribution in [2.75, 3.05) is 0 Å². The molecule has 3 rings (SSSR count). The third kappa shape index (κ3) is 2.82. The van der Waals surface area contributed by atoms with Crippen LogP contribution in [0.15, 0.2) is 35.7 Å². The molecule has 0 radical (unpaired) electrons. The first-order valence-corrected chi connectivity index (χ1v) is 7.67. The highest BCUT2D eigenvalue weighted by molar-refractivity contribution is 7.10. The number of hydrogen-bond acceptors (Lipinski definition) is 3. The van der Waals surface area contributed by atoms with Crippen LogP contribution in [0.3, 0.4) is 0 Å². The molecular weight excluding hydrogens is 256 g/mol. The van der Waals surface area contributed by atoms with Gasteiger partial charge in [-0.25, -0.2) is 0 Å². The third-order valence-corrected chi connectivity index (χ3v) is 4.44. The summed E-state index contributed by atoms with van der Waals surface area (Å²) in [4.78, 5) is 1.05. The van der Waals surface area contributed by atoms with Gasteiger partial charge in [0.05, 0.1) is 6.10 Å². The van der Waals surface area contributed by atoms with Gasteiger partial charge >= 0.3 is 0 Å². The summed E-state index contributed by atoms with van der Waals surface area (Å²) in [5, 5.41) is 12.5. The molecule has 2 aromatic rings. The van der Waals surface area contributed by atoms with Gasteiger partial charge in [-0.2, -0.15) is 0 Å². The Labute approximate surface area is 117 Å². The molecule has 1 saturated carbocycles. The maximum atomic E-state index is 10.4. The fourth-order valence-corrected chi connectivity index (χ4v) is 3.15. The van der Waals surface area contributed by atoms with Crippen LogP contribution >= 0.6 is 11.3 Å². The standard InChI is InChI=1S/C16H18O2S/c1-2-11-9-10-19-16(11)15(17)12-3-5-13(6-4-12)18-14-7-8-14/h3-6,9-10,14-15,17H,2,7-8H2,1H3. The molecule has 0 bridgehead atoms. The molecule has 1 aromatic heterocycles. The smallest absolute Gasteiger partial charge is 0.119 e. The molecule has 1 aliphatic carbocycles. The first-order chi connectivity index (χ1) is 9.28. The Hall–Kier alpha value is -1.32. The Balaban J connectivity index is 1.77. The van der Waals surface area contributed by atoms with Gasteiger partial charge in [0.2, 0.25) is 0 Å². The summed E-state index contributed by atoms with van der Waals surface area (Å²) in [6.45, 7) is 2.12. The summed E-state index contributed by atoms with van der Waals surface area (Å²) < 4.78 is 5.72. The molecule has 19 heavy (non-hydrogen) atoms. The molecule has 1 atom stereocenters. The van der Waals surface area contributed by atoms with Gasteiger partial charge in [0.15, 0.2) is 0 Å². The third-order valence-electron chi connectivity index (χ3n) is 3.43. The summed E-state index contributed by atoms with van der Waals surface area (Å²) in [7, 11) is 0. The van der Waals surface area contributed by atoms with Crippen molar-refractivity contribution in [2.45, 2.75) is 38.4 Å². The zero-order chi connectivity index (χ0) is 13.2. The van der Waals surface area contributed by atoms with Crippen LogP contribution in [-0.4, -0.2) is 11.2 Å². The monoisotopic (exact) mass is 274 g/mol. The lowest BCUT2D eigenvalue weighted by Crippen LogP contribution is -2.01. The van der Waals surface area contributed by atoms with Gasteiger partial charge in [-0.05, 0) is 54.0 Å². The zero-order valence-corrected chi connectivity index (χ0v) is 11.8. The molecule has 1 fully saturated rings. The van der Waals surface area contributed by atoms with Crippen LogP contribution in [0.5, 0.6) is 5.75 Å². The van der Waals surface area contributed by atoms with E-state index in [1.807, 2.05) is 29.6 Å². The maximum absolute atomic E-state index is 10.4. The van der Waals surface area contributed by atoms with Crippen LogP contribution in [0, 0.1) is 0 Å². The average molecular weight is 274 g/mol. The topological polar surface area (TPSA) is 29.5 Å². The minimum atomic E-state index is -0.523. The highest BCUT2D eigenvalue weighted by atomic mass is 32.1. The van der Waals surface area contributed by atoms with Gasteiger partial charge < -0.3 is 9.84 Å². The van der Waals surface area contributed by atoms with Gasteiger partial charge in [-0.15, -0.1) is 11.3 Å². The lowest BCUT2D eigenvalue weighted by molar-refractivity contribution is 0.223. The number of aryl methyl sites for hydroxylation is 1. The van der Waals surface area contributed by atoms with E-state index < -0.39 is 6.10 Å². The van der Waals surface area contributed by atoms with Crippen LogP contribution in [0.2, 0.25) is 0 Å². The molecule has 0 aliphatic heterocycles. The van der Waals surface area contributed by atoms with Crippen LogP contribution < -0.4 is 4.74 Å². The second-order valence-electron chi connectivity index (χ2n) is 4.95. The molecule has 1 N–H and O–H groups in total. The lowest BCUT2D eigenvalue weighted by Gasteiger charge is -2.12. The maximum Gasteiger partial charge on any atom is 0.119 e. The Morgan fingerprint density at radius 2 is 2.00 bits per heavy atom. The molecule has 1 unspecified atom stereocenters. The van der Waals surface area contributed by atoms with E-state index in [4.69, 9.17) is 4.74 Å². The number of aliphatic hydroxyl groups excluding tert-OH is 1. The Morgan fingerprint density at radius 1 is 1.26 bits per heavy atom. The number of ether oxygens (including phenoxy) is 1. The van der Waals surface area contributed by atoms with E-state index >= 15 is 0 Å². The van der Waals surface area contributed by atoms with Crippen LogP contribution in [0.1, 0.15) is 41.9 Å². The second kappa shape index (κ2) is 5.35. The highest BCUT2D eigenvalue weighted by Gasteiger charge is 2.23. The van der Waals surface area contributed by atoms with Gasteiger partial charge in [0, 0.05) is 4.88 Å². The van der Waals surface area contributed by atoms with E-state index in [0.29, 0.717) is 6.10 Å². The molecule has 0 saturated heterocycles. The average Bonchev–Trinajstić information content (AvgIpc) is 3.12. The van der Waals surface area contributed by atoms with Gasteiger partial charge in [-0.3, -0.25) is 0 Å². The van der Waals surface area contributed by atoms with Crippen molar-refractivity contribution < 1.29 is 9.84 Å². The Bertz CT molecular complexity index is 540. The van der Waals surface area contributed by atoms with Crippen LogP contribution in [0.4, 0.5) is 0 Å². The van der Waals surface area contributed by atoms with Crippen LogP contribution in [-0.2, 0) is 6.42 Å². The van der Waals surface area contributed by atoms with E-state index in [9.17, 15) is 5.11 Å². The molecule has 0 spiro atoms. The van der Waals surface area contributed by atoms with Crippen molar-refractivity contribution in [2.24, 2.45) is 0 Å². The highest BCUT2D eigenvalue weighted by Crippen LogP contribution is 2.32. The van der Waals surface area contributed by atoms with E-state index in [0.717, 1.165) is 22.6 Å². The van der Waals surface area contributed by atoms with Crippen molar-refractivity contribution in [1.82, 2.24) is 0 Å². The van der Waals surface area contributed by atoms with Gasteiger partial charge in [-0.1, -0.05) is 19.1 Å². The van der Waals surface area contributed by atoms with Crippen molar-refractivity contribution in [3.05, 3.63) is 51.7 Å². The SMILES string of the molecule is CCc1ccsc1C(O)c1ccc(OC2CC2)cc1. The van der Waals surface area contributed by atoms with Crippen molar-refractivity contribution in [3.8, 4) is 5.75 Å². The minimum absolute atomic E-state index is 0.416. The van der Waals surface area contributed by atoms with Crippen molar-refractivity contribution in [1.29, 1.82) is 0 Å². The summed E-state index contributed by atoms with van der Waals surface area (Å²) in [6.07, 6.45) is 3.18. The number of aliphatic hydroxyl groups is 1. The first kappa shape index (κ1) is 12.7. The van der Waals surface area contributed by atoms with E-state index in [-0.39, 0.29) is 0 Å². The Kier molecular flexibility index (Phi) is 3.58. The predicted molar refractivity (Wildman–Crippen MR) is 77.9 cm³/mol. The molecule has 2 nitrogen and oxygen atoms in total. The number of rotatable bonds is 5. The first-order valence-electron chi connectivity index (χ1n) is 6.79. The predicted octanol–water partition coefficient (Wildman–Crippen LogP) is 3.93. The largest absolute Gasteiger partial charge is 0.490 e. The number of hydrogen-bond donors (Lipinski definition) is 1. The number of thiophene rings is 1. The molecule has 1 aliphatic rings. The summed E-state index contributed by atoms with van der Waals surface area (Å²) in [5.74, 6) is 0.903. The minimum Gasteiger partial charge on any atom is -0.490 e. The molecular formula is C16H18O2S. The zero-order valence-electron chi connectivity index (χ0n) is 11.0. The van der Waals surface area contributed by atoms with Crippen molar-refractivity contribution in [3.63, 3.8) is 0 Å². The molecule has 3 heteroatoms. The summed E-state index contributed by atoms with van der Waals surface area (Å²) in [6, 6.07) is 9.92. The van der Waals surface area contributed by atoms with E-state index in [1.165, 1.54) is 18.4 Å². The van der Waals surface area contributed by atoms with Crippen molar-refractivity contribution >= 4 is 11.3 Å². The molecule has 1 heterocycles. The molecule has 0 amide bonds. The van der Waals surface area contributed by atoms with Crippen LogP contribution in [0.25, 0.3) is 0 Å². The van der Waals surface area contributed by atoms with E-state index in [2.05, 4.69) is 13.0 Å². The fraction of sp³-hybridized carbons (Fsp3) is 0.375. The summed E-state index contributed by atoms with van der Waals surface area (Å²) >= 11 is 1.62. The fourth-order valence-electron chi connectivity index (χ4n) is 2.14. The molecule has 100 valence electrons. The lowest BCUT2D eigenvalue weighted by atomic mass is 10.0. The summed E-state index contributed by atoms with van der Waals surface area (Å²) in [5.41, 5.74) is 2.16. The second-order valence-corrected chi connectivity index (χ2v) is 5.90. The van der Waals surface area contributed by atoms with Gasteiger partial charge in [0.1, 0.15) is 11.9 Å². The van der Waals surface area contributed by atoms with E-state index in [1.54, 1.807) is 11.3 Å². The van der Waals surface area contributed by atoms with Gasteiger partial charge in [0.25, 0.3) is 0 Å².